The van der Waals surface area contributed by atoms with E-state index < -0.39 is 12.3 Å². The number of halogens is 3. The molecule has 1 aromatic carbocycles. The number of H-pyrrole nitrogens is 1. The van der Waals surface area contributed by atoms with Crippen LogP contribution >= 0.6 is 0 Å². The molecule has 0 spiro atoms. The number of carbonyl (C=O) groups is 1. The van der Waals surface area contributed by atoms with Gasteiger partial charge in [0.15, 0.2) is 5.69 Å². The molecule has 2 aromatic rings. The van der Waals surface area contributed by atoms with Crippen LogP contribution in [0.3, 0.4) is 0 Å². The second-order valence-electron chi connectivity index (χ2n) is 3.38. The van der Waals surface area contributed by atoms with E-state index in [4.69, 9.17) is 0 Å². The maximum atomic E-state index is 11.9. The number of nitrogens with one attached hydrogen (secondary N) is 2. The number of carbonyl (C=O) groups excluding carboxylic acids is 1. The fourth-order valence-corrected chi connectivity index (χ4v) is 1.25. The van der Waals surface area contributed by atoms with E-state index in [1.807, 2.05) is 0 Å². The molecule has 1 heterocycles. The normalized spacial score (nSPS) is 11.1. The molecule has 0 radical (unpaired) electrons. The minimum absolute atomic E-state index is 0.0654. The number of aromatic amines is 1. The lowest BCUT2D eigenvalue weighted by Crippen LogP contribution is -2.17. The van der Waals surface area contributed by atoms with Gasteiger partial charge in [-0.3, -0.25) is 4.79 Å². The summed E-state index contributed by atoms with van der Waals surface area (Å²) in [5.41, 5.74) is 0.373. The quantitative estimate of drug-likeness (QED) is 0.895. The summed E-state index contributed by atoms with van der Waals surface area (Å²) < 4.78 is 39.5. The van der Waals surface area contributed by atoms with Crippen molar-refractivity contribution in [3.05, 3.63) is 36.2 Å². The standard InChI is InChI=1S/C10H7F3N4O2/c11-10(12,13)19-7-3-1-6(2-4-7)15-9(18)8-5-14-17-16-8/h1-5H,(H,15,18)(H,14,16,17). The molecule has 9 heteroatoms. The molecule has 0 aliphatic heterocycles. The molecule has 6 nitrogen and oxygen atoms in total. The first-order valence-electron chi connectivity index (χ1n) is 4.97. The number of ether oxygens (including phenoxy) is 1. The van der Waals surface area contributed by atoms with Crippen molar-refractivity contribution in [2.24, 2.45) is 0 Å². The highest BCUT2D eigenvalue weighted by Gasteiger charge is 2.30. The summed E-state index contributed by atoms with van der Waals surface area (Å²) in [5.74, 6) is -0.898. The van der Waals surface area contributed by atoms with Crippen molar-refractivity contribution in [1.82, 2.24) is 15.4 Å². The van der Waals surface area contributed by atoms with Gasteiger partial charge in [-0.05, 0) is 24.3 Å². The first-order chi connectivity index (χ1) is 8.94. The number of hydrogen-bond donors (Lipinski definition) is 2. The summed E-state index contributed by atoms with van der Waals surface area (Å²) in [6.45, 7) is 0. The average molecular weight is 272 g/mol. The third kappa shape index (κ3) is 3.69. The molecular weight excluding hydrogens is 265 g/mol. The highest BCUT2D eigenvalue weighted by atomic mass is 19.4. The Kier molecular flexibility index (Phi) is 3.36. The minimum Gasteiger partial charge on any atom is -0.406 e. The lowest BCUT2D eigenvalue weighted by atomic mass is 10.3. The molecular formula is C10H7F3N4O2. The van der Waals surface area contributed by atoms with Crippen molar-refractivity contribution in [1.29, 1.82) is 0 Å². The van der Waals surface area contributed by atoms with E-state index in [0.29, 0.717) is 5.69 Å². The van der Waals surface area contributed by atoms with Crippen molar-refractivity contribution in [2.45, 2.75) is 6.36 Å². The Labute approximate surface area is 104 Å². The molecule has 0 aliphatic carbocycles. The number of alkyl halides is 3. The molecule has 0 atom stereocenters. The molecule has 2 rings (SSSR count). The van der Waals surface area contributed by atoms with E-state index in [0.717, 1.165) is 12.1 Å². The number of rotatable bonds is 3. The van der Waals surface area contributed by atoms with Gasteiger partial charge in [0.05, 0.1) is 6.20 Å². The summed E-state index contributed by atoms with van der Waals surface area (Å²) in [5, 5.41) is 11.7. The maximum Gasteiger partial charge on any atom is 0.573 e. The van der Waals surface area contributed by atoms with E-state index in [1.54, 1.807) is 0 Å². The topological polar surface area (TPSA) is 79.9 Å². The van der Waals surface area contributed by atoms with Gasteiger partial charge in [0, 0.05) is 5.69 Å². The number of hydrogen-bond acceptors (Lipinski definition) is 4. The average Bonchev–Trinajstić information content (AvgIpc) is 2.83. The molecule has 0 fully saturated rings. The lowest BCUT2D eigenvalue weighted by molar-refractivity contribution is -0.274. The van der Waals surface area contributed by atoms with Gasteiger partial charge in [0.25, 0.3) is 5.91 Å². The van der Waals surface area contributed by atoms with Crippen LogP contribution in [0.5, 0.6) is 5.75 Å². The molecule has 0 aliphatic rings. The zero-order valence-electron chi connectivity index (χ0n) is 9.23. The Morgan fingerprint density at radius 3 is 2.47 bits per heavy atom. The Bertz CT molecular complexity index is 551. The van der Waals surface area contributed by atoms with Crippen LogP contribution < -0.4 is 10.1 Å². The zero-order valence-corrected chi connectivity index (χ0v) is 9.23. The van der Waals surface area contributed by atoms with Gasteiger partial charge in [-0.1, -0.05) is 0 Å². The largest absolute Gasteiger partial charge is 0.573 e. The SMILES string of the molecule is O=C(Nc1ccc(OC(F)(F)F)cc1)c1cn[nH]n1. The lowest BCUT2D eigenvalue weighted by Gasteiger charge is -2.09. The highest BCUT2D eigenvalue weighted by Crippen LogP contribution is 2.23. The van der Waals surface area contributed by atoms with Crippen LogP contribution in [-0.2, 0) is 0 Å². The molecule has 19 heavy (non-hydrogen) atoms. The van der Waals surface area contributed by atoms with Gasteiger partial charge in [-0.25, -0.2) is 0 Å². The summed E-state index contributed by atoms with van der Waals surface area (Å²) in [7, 11) is 0. The van der Waals surface area contributed by atoms with Gasteiger partial charge in [-0.15, -0.1) is 13.2 Å². The summed E-state index contributed by atoms with van der Waals surface area (Å²) in [6, 6.07) is 4.73. The van der Waals surface area contributed by atoms with Gasteiger partial charge in [0.1, 0.15) is 5.75 Å². The van der Waals surface area contributed by atoms with Crippen molar-refractivity contribution in [3.63, 3.8) is 0 Å². The molecule has 2 N–H and O–H groups in total. The minimum atomic E-state index is -4.74. The molecule has 0 saturated heterocycles. The van der Waals surface area contributed by atoms with Crippen molar-refractivity contribution < 1.29 is 22.7 Å². The van der Waals surface area contributed by atoms with Gasteiger partial charge >= 0.3 is 6.36 Å². The number of amides is 1. The molecule has 1 aromatic heterocycles. The summed E-state index contributed by atoms with van der Waals surface area (Å²) in [4.78, 5) is 11.5. The first-order valence-corrected chi connectivity index (χ1v) is 4.97. The molecule has 0 saturated carbocycles. The van der Waals surface area contributed by atoms with E-state index >= 15 is 0 Å². The Balaban J connectivity index is 2.01. The fourth-order valence-electron chi connectivity index (χ4n) is 1.25. The molecule has 1 amide bonds. The van der Waals surface area contributed by atoms with Crippen molar-refractivity contribution in [3.8, 4) is 5.75 Å². The number of benzene rings is 1. The third-order valence-electron chi connectivity index (χ3n) is 1.99. The third-order valence-corrected chi connectivity index (χ3v) is 1.99. The second kappa shape index (κ2) is 4.96. The van der Waals surface area contributed by atoms with Gasteiger partial charge in [-0.2, -0.15) is 15.4 Å². The van der Waals surface area contributed by atoms with Crippen LogP contribution in [0.1, 0.15) is 10.5 Å². The molecule has 0 bridgehead atoms. The van der Waals surface area contributed by atoms with Crippen LogP contribution in [0.25, 0.3) is 0 Å². The number of anilines is 1. The van der Waals surface area contributed by atoms with Crippen molar-refractivity contribution >= 4 is 11.6 Å². The van der Waals surface area contributed by atoms with Crippen LogP contribution in [0.15, 0.2) is 30.5 Å². The Hall–Kier alpha value is -2.58. The summed E-state index contributed by atoms with van der Waals surface area (Å²) in [6.07, 6.45) is -3.53. The van der Waals surface area contributed by atoms with Crippen LogP contribution in [-0.4, -0.2) is 27.7 Å². The van der Waals surface area contributed by atoms with Gasteiger partial charge < -0.3 is 10.1 Å². The maximum absolute atomic E-state index is 11.9. The molecule has 100 valence electrons. The number of nitrogens with zero attached hydrogens (tertiary/aromatic N) is 2. The van der Waals surface area contributed by atoms with Crippen LogP contribution in [0.2, 0.25) is 0 Å². The first kappa shape index (κ1) is 12.9. The van der Waals surface area contributed by atoms with Gasteiger partial charge in [0.2, 0.25) is 0 Å². The Morgan fingerprint density at radius 2 is 1.95 bits per heavy atom. The molecule has 0 unspecified atom stereocenters. The van der Waals surface area contributed by atoms with Crippen LogP contribution in [0, 0.1) is 0 Å². The fraction of sp³-hybridized carbons (Fsp3) is 0.100. The van der Waals surface area contributed by atoms with E-state index in [-0.39, 0.29) is 11.4 Å². The van der Waals surface area contributed by atoms with E-state index in [2.05, 4.69) is 25.5 Å². The van der Waals surface area contributed by atoms with Crippen molar-refractivity contribution in [2.75, 3.05) is 5.32 Å². The van der Waals surface area contributed by atoms with E-state index in [1.165, 1.54) is 18.3 Å². The predicted molar refractivity (Wildman–Crippen MR) is 57.5 cm³/mol. The smallest absolute Gasteiger partial charge is 0.406 e. The second-order valence-corrected chi connectivity index (χ2v) is 3.38. The summed E-state index contributed by atoms with van der Waals surface area (Å²) >= 11 is 0. The monoisotopic (exact) mass is 272 g/mol. The highest BCUT2D eigenvalue weighted by molar-refractivity contribution is 6.02. The zero-order chi connectivity index (χ0) is 13.9. The van der Waals surface area contributed by atoms with Crippen LogP contribution in [0.4, 0.5) is 18.9 Å². The number of aromatic nitrogens is 3. The van der Waals surface area contributed by atoms with E-state index in [9.17, 15) is 18.0 Å². The predicted octanol–water partition coefficient (Wildman–Crippen LogP) is 1.96. The Morgan fingerprint density at radius 1 is 1.26 bits per heavy atom.